The van der Waals surface area contributed by atoms with Crippen LogP contribution in [0.15, 0.2) is 54.7 Å². The third-order valence-corrected chi connectivity index (χ3v) is 6.14. The number of rotatable bonds is 2. The third-order valence-electron chi connectivity index (χ3n) is 6.14. The maximum absolute atomic E-state index is 13.0. The summed E-state index contributed by atoms with van der Waals surface area (Å²) in [5, 5.41) is 5.29. The number of aromatic nitrogens is 2. The van der Waals surface area contributed by atoms with Crippen molar-refractivity contribution in [3.8, 4) is 0 Å². The molecule has 148 valence electrons. The number of para-hydroxylation sites is 2. The van der Waals surface area contributed by atoms with Gasteiger partial charge in [0.2, 0.25) is 0 Å². The van der Waals surface area contributed by atoms with E-state index in [1.54, 1.807) is 0 Å². The number of hydrogen-bond donors (Lipinski definition) is 1. The summed E-state index contributed by atoms with van der Waals surface area (Å²) in [6.45, 7) is 2.32. The van der Waals surface area contributed by atoms with Crippen LogP contribution in [0.1, 0.15) is 16.8 Å². The van der Waals surface area contributed by atoms with Crippen LogP contribution < -0.4 is 5.32 Å². The SMILES string of the molecule is Cn1cc(C2=C(c3c4n(c5ccccc35)CCNC4)C(=O)OC2=O)c2ccccc21. The van der Waals surface area contributed by atoms with E-state index in [-0.39, 0.29) is 0 Å². The van der Waals surface area contributed by atoms with Gasteiger partial charge in [-0.1, -0.05) is 36.4 Å². The van der Waals surface area contributed by atoms with Crippen LogP contribution in [0.4, 0.5) is 0 Å². The van der Waals surface area contributed by atoms with E-state index in [0.717, 1.165) is 51.7 Å². The zero-order valence-electron chi connectivity index (χ0n) is 16.4. The first kappa shape index (κ1) is 17.2. The van der Waals surface area contributed by atoms with Crippen LogP contribution in [-0.2, 0) is 34.5 Å². The molecule has 4 heterocycles. The summed E-state index contributed by atoms with van der Waals surface area (Å²) >= 11 is 0. The van der Waals surface area contributed by atoms with Gasteiger partial charge in [0.15, 0.2) is 0 Å². The number of fused-ring (bicyclic) bond motifs is 4. The van der Waals surface area contributed by atoms with Gasteiger partial charge in [0.25, 0.3) is 0 Å². The van der Waals surface area contributed by atoms with E-state index >= 15 is 0 Å². The minimum Gasteiger partial charge on any atom is -0.386 e. The van der Waals surface area contributed by atoms with Gasteiger partial charge in [0.1, 0.15) is 0 Å². The number of carbonyl (C=O) groups is 2. The summed E-state index contributed by atoms with van der Waals surface area (Å²) in [5.74, 6) is -1.16. The number of benzene rings is 2. The van der Waals surface area contributed by atoms with Gasteiger partial charge in [-0.3, -0.25) is 0 Å². The van der Waals surface area contributed by atoms with Gasteiger partial charge < -0.3 is 19.2 Å². The van der Waals surface area contributed by atoms with Crippen LogP contribution in [-0.4, -0.2) is 27.6 Å². The van der Waals surface area contributed by atoms with Crippen molar-refractivity contribution >= 4 is 44.9 Å². The molecule has 6 rings (SSSR count). The Morgan fingerprint density at radius 2 is 1.60 bits per heavy atom. The second-order valence-corrected chi connectivity index (χ2v) is 7.77. The molecule has 2 aromatic carbocycles. The number of esters is 2. The molecule has 2 aliphatic heterocycles. The Morgan fingerprint density at radius 3 is 2.43 bits per heavy atom. The molecule has 0 fully saturated rings. The van der Waals surface area contributed by atoms with E-state index in [2.05, 4.69) is 16.0 Å². The number of ether oxygens (including phenoxy) is 1. The van der Waals surface area contributed by atoms with E-state index in [1.807, 2.05) is 60.3 Å². The molecule has 30 heavy (non-hydrogen) atoms. The van der Waals surface area contributed by atoms with Crippen LogP contribution in [0, 0.1) is 0 Å². The molecule has 2 aromatic heterocycles. The number of carbonyl (C=O) groups excluding carboxylic acids is 2. The minimum atomic E-state index is -0.584. The summed E-state index contributed by atoms with van der Waals surface area (Å²) in [5.41, 5.74) is 5.33. The van der Waals surface area contributed by atoms with E-state index in [9.17, 15) is 9.59 Å². The number of hydrogen-bond acceptors (Lipinski definition) is 4. The van der Waals surface area contributed by atoms with Gasteiger partial charge in [-0.2, -0.15) is 0 Å². The Balaban J connectivity index is 1.74. The highest BCUT2D eigenvalue weighted by Crippen LogP contribution is 2.42. The molecule has 0 amide bonds. The van der Waals surface area contributed by atoms with Gasteiger partial charge in [0, 0.05) is 71.5 Å². The molecule has 0 spiro atoms. The fourth-order valence-corrected chi connectivity index (χ4v) is 4.88. The summed E-state index contributed by atoms with van der Waals surface area (Å²) in [6.07, 6.45) is 1.91. The predicted molar refractivity (Wildman–Crippen MR) is 114 cm³/mol. The molecule has 0 atom stereocenters. The first-order valence-electron chi connectivity index (χ1n) is 10.0. The van der Waals surface area contributed by atoms with Crippen LogP contribution in [0.2, 0.25) is 0 Å². The summed E-state index contributed by atoms with van der Waals surface area (Å²) in [4.78, 5) is 25.9. The highest BCUT2D eigenvalue weighted by Gasteiger charge is 2.39. The van der Waals surface area contributed by atoms with Crippen LogP contribution >= 0.6 is 0 Å². The van der Waals surface area contributed by atoms with Crippen molar-refractivity contribution in [2.45, 2.75) is 13.1 Å². The van der Waals surface area contributed by atoms with Crippen molar-refractivity contribution in [2.75, 3.05) is 6.54 Å². The second kappa shape index (κ2) is 6.18. The summed E-state index contributed by atoms with van der Waals surface area (Å²) in [6, 6.07) is 15.9. The zero-order valence-corrected chi connectivity index (χ0v) is 16.4. The number of nitrogens with one attached hydrogen (secondary N) is 1. The van der Waals surface area contributed by atoms with E-state index in [1.165, 1.54) is 0 Å². The molecule has 0 unspecified atom stereocenters. The molecular formula is C24H19N3O3. The lowest BCUT2D eigenvalue weighted by molar-refractivity contribution is -0.149. The first-order valence-corrected chi connectivity index (χ1v) is 10.0. The van der Waals surface area contributed by atoms with Gasteiger partial charge in [-0.15, -0.1) is 0 Å². The normalized spacial score (nSPS) is 16.6. The molecule has 0 radical (unpaired) electrons. The molecule has 2 aliphatic rings. The molecule has 4 aromatic rings. The van der Waals surface area contributed by atoms with Gasteiger partial charge in [-0.25, -0.2) is 9.59 Å². The quantitative estimate of drug-likeness (QED) is 0.417. The smallest absolute Gasteiger partial charge is 0.347 e. The predicted octanol–water partition coefficient (Wildman–Crippen LogP) is 3.23. The average Bonchev–Trinajstić information content (AvgIpc) is 3.37. The molecule has 0 bridgehead atoms. The molecular weight excluding hydrogens is 378 g/mol. The fraction of sp³-hybridized carbons (Fsp3) is 0.167. The zero-order chi connectivity index (χ0) is 20.4. The van der Waals surface area contributed by atoms with Gasteiger partial charge >= 0.3 is 11.9 Å². The topological polar surface area (TPSA) is 65.3 Å². The molecule has 6 heteroatoms. The van der Waals surface area contributed by atoms with Crippen molar-refractivity contribution in [1.29, 1.82) is 0 Å². The Bertz CT molecular complexity index is 1420. The number of aryl methyl sites for hydroxylation is 1. The van der Waals surface area contributed by atoms with E-state index in [0.29, 0.717) is 17.7 Å². The fourth-order valence-electron chi connectivity index (χ4n) is 4.88. The Hall–Kier alpha value is -3.64. The maximum atomic E-state index is 13.0. The second-order valence-electron chi connectivity index (χ2n) is 7.77. The standard InChI is InChI=1S/C24H19N3O3/c1-26-13-16(14-6-2-4-8-17(14)26)21-22(24(29)30-23(21)28)20-15-7-3-5-9-18(15)27-11-10-25-12-19(20)27/h2-9,13,25H,10-12H2,1H3. The highest BCUT2D eigenvalue weighted by atomic mass is 16.6. The molecule has 0 aliphatic carbocycles. The van der Waals surface area contributed by atoms with Crippen LogP contribution in [0.25, 0.3) is 33.0 Å². The van der Waals surface area contributed by atoms with Crippen LogP contribution in [0.3, 0.4) is 0 Å². The monoisotopic (exact) mass is 397 g/mol. The molecule has 6 nitrogen and oxygen atoms in total. The van der Waals surface area contributed by atoms with Crippen molar-refractivity contribution in [3.05, 3.63) is 71.5 Å². The molecule has 0 saturated carbocycles. The lowest BCUT2D eigenvalue weighted by Gasteiger charge is -2.18. The van der Waals surface area contributed by atoms with Crippen LogP contribution in [0.5, 0.6) is 0 Å². The number of nitrogens with zero attached hydrogens (tertiary/aromatic N) is 2. The van der Waals surface area contributed by atoms with Crippen molar-refractivity contribution < 1.29 is 14.3 Å². The third kappa shape index (κ3) is 2.22. The van der Waals surface area contributed by atoms with Gasteiger partial charge in [0.05, 0.1) is 11.1 Å². The minimum absolute atomic E-state index is 0.349. The number of cyclic esters (lactones) is 2. The summed E-state index contributed by atoms with van der Waals surface area (Å²) in [7, 11) is 1.94. The van der Waals surface area contributed by atoms with E-state index in [4.69, 9.17) is 4.74 Å². The van der Waals surface area contributed by atoms with Crippen molar-refractivity contribution in [3.63, 3.8) is 0 Å². The Morgan fingerprint density at radius 1 is 0.900 bits per heavy atom. The largest absolute Gasteiger partial charge is 0.386 e. The molecule has 0 saturated heterocycles. The van der Waals surface area contributed by atoms with Gasteiger partial charge in [-0.05, 0) is 12.1 Å². The lowest BCUT2D eigenvalue weighted by Crippen LogP contribution is -2.28. The molecule has 1 N–H and O–H groups in total. The van der Waals surface area contributed by atoms with Crippen molar-refractivity contribution in [1.82, 2.24) is 14.5 Å². The Kier molecular flexibility index (Phi) is 3.55. The highest BCUT2D eigenvalue weighted by molar-refractivity contribution is 6.47. The van der Waals surface area contributed by atoms with E-state index < -0.39 is 11.9 Å². The average molecular weight is 397 g/mol. The summed E-state index contributed by atoms with van der Waals surface area (Å²) < 4.78 is 9.39. The lowest BCUT2D eigenvalue weighted by atomic mass is 9.93. The first-order chi connectivity index (χ1) is 14.6. The van der Waals surface area contributed by atoms with Crippen molar-refractivity contribution in [2.24, 2.45) is 7.05 Å². The Labute approximate surface area is 172 Å². The maximum Gasteiger partial charge on any atom is 0.347 e.